The molecular formula is C14H29N3O. The van der Waals surface area contributed by atoms with Crippen LogP contribution in [0.25, 0.3) is 0 Å². The maximum absolute atomic E-state index is 9.43. The van der Waals surface area contributed by atoms with E-state index < -0.39 is 0 Å². The molecule has 0 amide bonds. The van der Waals surface area contributed by atoms with Crippen molar-refractivity contribution < 1.29 is 5.11 Å². The molecule has 1 aliphatic carbocycles. The van der Waals surface area contributed by atoms with Gasteiger partial charge in [0, 0.05) is 24.7 Å². The number of aliphatic hydroxyl groups excluding tert-OH is 1. The SMILES string of the molecule is CCN1CCC(N(C)CC(CO)NC2CC2)CC1. The van der Waals surface area contributed by atoms with Crippen molar-refractivity contribution in [1.82, 2.24) is 15.1 Å². The predicted octanol–water partition coefficient (Wildman–Crippen LogP) is 0.515. The van der Waals surface area contributed by atoms with Crippen molar-refractivity contribution in [3.05, 3.63) is 0 Å². The second kappa shape index (κ2) is 6.85. The summed E-state index contributed by atoms with van der Waals surface area (Å²) in [4.78, 5) is 4.97. The van der Waals surface area contributed by atoms with E-state index in [1.807, 2.05) is 0 Å². The van der Waals surface area contributed by atoms with E-state index in [0.29, 0.717) is 12.1 Å². The molecule has 0 aromatic rings. The van der Waals surface area contributed by atoms with Gasteiger partial charge in [0.25, 0.3) is 0 Å². The molecular weight excluding hydrogens is 226 g/mol. The Morgan fingerprint density at radius 3 is 2.44 bits per heavy atom. The number of likely N-dealkylation sites (tertiary alicyclic amines) is 1. The molecule has 18 heavy (non-hydrogen) atoms. The number of nitrogens with zero attached hydrogens (tertiary/aromatic N) is 2. The van der Waals surface area contributed by atoms with E-state index in [4.69, 9.17) is 0 Å². The van der Waals surface area contributed by atoms with E-state index in [1.165, 1.54) is 45.3 Å². The summed E-state index contributed by atoms with van der Waals surface area (Å²) in [7, 11) is 2.21. The fourth-order valence-corrected chi connectivity index (χ4v) is 2.92. The van der Waals surface area contributed by atoms with Crippen LogP contribution in [-0.2, 0) is 0 Å². The van der Waals surface area contributed by atoms with Crippen LogP contribution in [0.5, 0.6) is 0 Å². The zero-order valence-corrected chi connectivity index (χ0v) is 11.9. The first-order chi connectivity index (χ1) is 8.72. The molecule has 4 nitrogen and oxygen atoms in total. The second-order valence-electron chi connectivity index (χ2n) is 5.93. The molecule has 1 atom stereocenters. The third kappa shape index (κ3) is 4.19. The molecule has 0 spiro atoms. The fraction of sp³-hybridized carbons (Fsp3) is 1.00. The molecule has 1 unspecified atom stereocenters. The molecule has 2 N–H and O–H groups in total. The average Bonchev–Trinajstić information content (AvgIpc) is 3.22. The lowest BCUT2D eigenvalue weighted by molar-refractivity contribution is 0.111. The lowest BCUT2D eigenvalue weighted by Gasteiger charge is -2.37. The Morgan fingerprint density at radius 1 is 1.28 bits per heavy atom. The molecule has 2 fully saturated rings. The van der Waals surface area contributed by atoms with Gasteiger partial charge in [0.15, 0.2) is 0 Å². The van der Waals surface area contributed by atoms with E-state index >= 15 is 0 Å². The van der Waals surface area contributed by atoms with Crippen molar-refractivity contribution in [1.29, 1.82) is 0 Å². The lowest BCUT2D eigenvalue weighted by atomic mass is 10.0. The molecule has 2 rings (SSSR count). The van der Waals surface area contributed by atoms with Crippen molar-refractivity contribution in [3.63, 3.8) is 0 Å². The van der Waals surface area contributed by atoms with Gasteiger partial charge in [-0.1, -0.05) is 6.92 Å². The number of likely N-dealkylation sites (N-methyl/N-ethyl adjacent to an activating group) is 1. The molecule has 2 aliphatic rings. The van der Waals surface area contributed by atoms with Gasteiger partial charge < -0.3 is 20.2 Å². The van der Waals surface area contributed by atoms with Crippen molar-refractivity contribution in [3.8, 4) is 0 Å². The third-order valence-corrected chi connectivity index (χ3v) is 4.41. The summed E-state index contributed by atoms with van der Waals surface area (Å²) in [6, 6.07) is 1.63. The maximum atomic E-state index is 9.43. The zero-order chi connectivity index (χ0) is 13.0. The number of rotatable bonds is 7. The number of aliphatic hydroxyl groups is 1. The normalized spacial score (nSPS) is 24.7. The van der Waals surface area contributed by atoms with Crippen LogP contribution in [0.2, 0.25) is 0 Å². The van der Waals surface area contributed by atoms with E-state index in [1.54, 1.807) is 0 Å². The summed E-state index contributed by atoms with van der Waals surface area (Å²) >= 11 is 0. The van der Waals surface area contributed by atoms with Crippen LogP contribution < -0.4 is 5.32 Å². The number of piperidine rings is 1. The third-order valence-electron chi connectivity index (χ3n) is 4.41. The van der Waals surface area contributed by atoms with Gasteiger partial charge in [0.2, 0.25) is 0 Å². The van der Waals surface area contributed by atoms with E-state index in [2.05, 4.69) is 29.1 Å². The molecule has 0 bridgehead atoms. The molecule has 0 aromatic carbocycles. The molecule has 1 saturated carbocycles. The summed E-state index contributed by atoms with van der Waals surface area (Å²) in [5, 5.41) is 13.0. The van der Waals surface area contributed by atoms with Gasteiger partial charge >= 0.3 is 0 Å². The zero-order valence-electron chi connectivity index (χ0n) is 11.9. The Hall–Kier alpha value is -0.160. The van der Waals surface area contributed by atoms with Gasteiger partial charge in [-0.3, -0.25) is 0 Å². The Morgan fingerprint density at radius 2 is 1.94 bits per heavy atom. The minimum atomic E-state index is 0.256. The molecule has 1 heterocycles. The molecule has 0 radical (unpaired) electrons. The second-order valence-corrected chi connectivity index (χ2v) is 5.93. The summed E-state index contributed by atoms with van der Waals surface area (Å²) < 4.78 is 0. The predicted molar refractivity (Wildman–Crippen MR) is 74.8 cm³/mol. The van der Waals surface area contributed by atoms with Crippen molar-refractivity contribution in [2.75, 3.05) is 39.8 Å². The van der Waals surface area contributed by atoms with Crippen LogP contribution in [0.4, 0.5) is 0 Å². The Labute approximate surface area is 111 Å². The van der Waals surface area contributed by atoms with Crippen LogP contribution in [0.15, 0.2) is 0 Å². The molecule has 4 heteroatoms. The Kier molecular flexibility index (Phi) is 5.42. The minimum absolute atomic E-state index is 0.256. The molecule has 0 aromatic heterocycles. The van der Waals surface area contributed by atoms with Crippen LogP contribution >= 0.6 is 0 Å². The smallest absolute Gasteiger partial charge is 0.0597 e. The average molecular weight is 255 g/mol. The quantitative estimate of drug-likeness (QED) is 0.695. The van der Waals surface area contributed by atoms with Crippen LogP contribution in [0, 0.1) is 0 Å². The summed E-state index contributed by atoms with van der Waals surface area (Å²) in [5.41, 5.74) is 0. The highest BCUT2D eigenvalue weighted by Crippen LogP contribution is 2.20. The highest BCUT2D eigenvalue weighted by atomic mass is 16.3. The summed E-state index contributed by atoms with van der Waals surface area (Å²) in [6.45, 7) is 7.11. The Balaban J connectivity index is 1.70. The van der Waals surface area contributed by atoms with Crippen molar-refractivity contribution in [2.24, 2.45) is 0 Å². The van der Waals surface area contributed by atoms with Crippen molar-refractivity contribution in [2.45, 2.75) is 50.7 Å². The summed E-state index contributed by atoms with van der Waals surface area (Å²) in [5.74, 6) is 0. The van der Waals surface area contributed by atoms with Crippen LogP contribution in [0.1, 0.15) is 32.6 Å². The van der Waals surface area contributed by atoms with Gasteiger partial charge in [0.05, 0.1) is 6.61 Å². The first-order valence-electron chi connectivity index (χ1n) is 7.52. The maximum Gasteiger partial charge on any atom is 0.0597 e. The van der Waals surface area contributed by atoms with Crippen LogP contribution in [0.3, 0.4) is 0 Å². The fourth-order valence-electron chi connectivity index (χ4n) is 2.92. The number of hydrogen-bond donors (Lipinski definition) is 2. The van der Waals surface area contributed by atoms with Gasteiger partial charge in [-0.15, -0.1) is 0 Å². The molecule has 1 saturated heterocycles. The van der Waals surface area contributed by atoms with E-state index in [9.17, 15) is 5.11 Å². The largest absolute Gasteiger partial charge is 0.395 e. The van der Waals surface area contributed by atoms with Gasteiger partial charge in [-0.05, 0) is 52.4 Å². The van der Waals surface area contributed by atoms with Crippen LogP contribution in [-0.4, -0.2) is 72.9 Å². The topological polar surface area (TPSA) is 38.7 Å². The monoisotopic (exact) mass is 255 g/mol. The minimum Gasteiger partial charge on any atom is -0.395 e. The first kappa shape index (κ1) is 14.3. The summed E-state index contributed by atoms with van der Waals surface area (Å²) in [6.07, 6.45) is 5.11. The number of hydrogen-bond acceptors (Lipinski definition) is 4. The van der Waals surface area contributed by atoms with Crippen molar-refractivity contribution >= 4 is 0 Å². The lowest BCUT2D eigenvalue weighted by Crippen LogP contribution is -2.49. The van der Waals surface area contributed by atoms with Gasteiger partial charge in [-0.25, -0.2) is 0 Å². The highest BCUT2D eigenvalue weighted by molar-refractivity contribution is 4.87. The van der Waals surface area contributed by atoms with Gasteiger partial charge in [-0.2, -0.15) is 0 Å². The van der Waals surface area contributed by atoms with E-state index in [-0.39, 0.29) is 12.6 Å². The van der Waals surface area contributed by atoms with E-state index in [0.717, 1.165) is 6.54 Å². The first-order valence-corrected chi connectivity index (χ1v) is 7.52. The molecule has 1 aliphatic heterocycles. The molecule has 106 valence electrons. The van der Waals surface area contributed by atoms with Gasteiger partial charge in [0.1, 0.15) is 0 Å². The standard InChI is InChI=1S/C14H29N3O/c1-3-17-8-6-14(7-9-17)16(2)10-13(11-18)15-12-4-5-12/h12-15,18H,3-11H2,1-2H3. The Bertz CT molecular complexity index is 237. The highest BCUT2D eigenvalue weighted by Gasteiger charge is 2.27. The number of nitrogens with one attached hydrogen (secondary N) is 1.